The van der Waals surface area contributed by atoms with Gasteiger partial charge >= 0.3 is 0 Å². The molecule has 13 heavy (non-hydrogen) atoms. The van der Waals surface area contributed by atoms with Gasteiger partial charge in [0.15, 0.2) is 5.60 Å². The maximum atomic E-state index is 9.07. The van der Waals surface area contributed by atoms with Gasteiger partial charge in [-0.1, -0.05) is 13.8 Å². The summed E-state index contributed by atoms with van der Waals surface area (Å²) in [5.74, 6) is 0. The molecular formula is C11H19NO. The standard InChI is InChI=1S/C11H19NO/c1-4-13-11(9-12)7-5-10(2,3)6-8-11/h4-8H2,1-3H3. The SMILES string of the molecule is CCOC1(C#N)CCC(C)(C)CC1. The van der Waals surface area contributed by atoms with Crippen molar-refractivity contribution >= 4 is 0 Å². The zero-order valence-corrected chi connectivity index (χ0v) is 8.89. The molecule has 0 aliphatic heterocycles. The van der Waals surface area contributed by atoms with Gasteiger partial charge in [-0.2, -0.15) is 5.26 Å². The van der Waals surface area contributed by atoms with Crippen LogP contribution in [0.15, 0.2) is 0 Å². The summed E-state index contributed by atoms with van der Waals surface area (Å²) in [4.78, 5) is 0. The monoisotopic (exact) mass is 181 g/mol. The van der Waals surface area contributed by atoms with Crippen molar-refractivity contribution in [2.45, 2.75) is 52.1 Å². The number of rotatable bonds is 2. The summed E-state index contributed by atoms with van der Waals surface area (Å²) in [5.41, 5.74) is -0.0677. The zero-order valence-electron chi connectivity index (χ0n) is 8.89. The molecule has 0 amide bonds. The largest absolute Gasteiger partial charge is 0.360 e. The Bertz CT molecular complexity index is 205. The van der Waals surface area contributed by atoms with Gasteiger partial charge in [0.25, 0.3) is 0 Å². The second-order valence-electron chi connectivity index (χ2n) is 4.70. The fourth-order valence-electron chi connectivity index (χ4n) is 1.90. The van der Waals surface area contributed by atoms with E-state index in [0.29, 0.717) is 12.0 Å². The van der Waals surface area contributed by atoms with Gasteiger partial charge in [-0.15, -0.1) is 0 Å². The summed E-state index contributed by atoms with van der Waals surface area (Å²) >= 11 is 0. The van der Waals surface area contributed by atoms with Crippen LogP contribution in [0.25, 0.3) is 0 Å². The van der Waals surface area contributed by atoms with Crippen LogP contribution in [0.4, 0.5) is 0 Å². The second-order valence-corrected chi connectivity index (χ2v) is 4.70. The average Bonchev–Trinajstić information content (AvgIpc) is 2.10. The minimum atomic E-state index is -0.468. The highest BCUT2D eigenvalue weighted by Gasteiger charge is 2.38. The van der Waals surface area contributed by atoms with Crippen molar-refractivity contribution in [3.63, 3.8) is 0 Å². The second kappa shape index (κ2) is 3.67. The van der Waals surface area contributed by atoms with Crippen LogP contribution in [0.1, 0.15) is 46.5 Å². The summed E-state index contributed by atoms with van der Waals surface area (Å²) < 4.78 is 5.55. The topological polar surface area (TPSA) is 33.0 Å². The van der Waals surface area contributed by atoms with E-state index < -0.39 is 5.60 Å². The lowest BCUT2D eigenvalue weighted by Crippen LogP contribution is -2.38. The summed E-state index contributed by atoms with van der Waals surface area (Å²) in [5, 5.41) is 9.07. The summed E-state index contributed by atoms with van der Waals surface area (Å²) in [7, 11) is 0. The smallest absolute Gasteiger partial charge is 0.154 e. The average molecular weight is 181 g/mol. The van der Waals surface area contributed by atoms with E-state index in [0.717, 1.165) is 25.7 Å². The van der Waals surface area contributed by atoms with E-state index in [1.807, 2.05) is 6.92 Å². The molecule has 0 aromatic rings. The predicted octanol–water partition coefficient (Wildman–Crippen LogP) is 2.89. The molecule has 0 heterocycles. The van der Waals surface area contributed by atoms with Crippen molar-refractivity contribution < 1.29 is 4.74 Å². The molecule has 1 rings (SSSR count). The normalized spacial score (nSPS) is 25.1. The lowest BCUT2D eigenvalue weighted by Gasteiger charge is -2.38. The molecule has 0 radical (unpaired) electrons. The molecule has 0 N–H and O–H groups in total. The minimum absolute atomic E-state index is 0.400. The fourth-order valence-corrected chi connectivity index (χ4v) is 1.90. The Hall–Kier alpha value is -0.550. The highest BCUT2D eigenvalue weighted by atomic mass is 16.5. The van der Waals surface area contributed by atoms with Gasteiger partial charge in [-0.3, -0.25) is 0 Å². The van der Waals surface area contributed by atoms with Crippen molar-refractivity contribution in [3.05, 3.63) is 0 Å². The van der Waals surface area contributed by atoms with E-state index in [2.05, 4.69) is 19.9 Å². The Kier molecular flexibility index (Phi) is 2.98. The molecule has 74 valence electrons. The first kappa shape index (κ1) is 10.5. The van der Waals surface area contributed by atoms with Crippen LogP contribution in [-0.2, 0) is 4.74 Å². The molecule has 1 fully saturated rings. The van der Waals surface area contributed by atoms with Gasteiger partial charge in [-0.25, -0.2) is 0 Å². The van der Waals surface area contributed by atoms with Crippen LogP contribution in [0.5, 0.6) is 0 Å². The van der Waals surface area contributed by atoms with Gasteiger partial charge < -0.3 is 4.74 Å². The minimum Gasteiger partial charge on any atom is -0.360 e. The van der Waals surface area contributed by atoms with Gasteiger partial charge in [0.1, 0.15) is 0 Å². The van der Waals surface area contributed by atoms with Crippen LogP contribution in [-0.4, -0.2) is 12.2 Å². The maximum Gasteiger partial charge on any atom is 0.154 e. The van der Waals surface area contributed by atoms with E-state index in [9.17, 15) is 0 Å². The first-order valence-electron chi connectivity index (χ1n) is 5.09. The van der Waals surface area contributed by atoms with Gasteiger partial charge in [-0.05, 0) is 38.0 Å². The molecule has 1 aliphatic rings. The van der Waals surface area contributed by atoms with E-state index in [4.69, 9.17) is 10.00 Å². The number of nitrogens with zero attached hydrogens (tertiary/aromatic N) is 1. The van der Waals surface area contributed by atoms with Gasteiger partial charge in [0.05, 0.1) is 6.07 Å². The van der Waals surface area contributed by atoms with Crippen molar-refractivity contribution in [3.8, 4) is 6.07 Å². The van der Waals surface area contributed by atoms with E-state index >= 15 is 0 Å². The van der Waals surface area contributed by atoms with Crippen LogP contribution >= 0.6 is 0 Å². The van der Waals surface area contributed by atoms with Crippen LogP contribution in [0.2, 0.25) is 0 Å². The molecule has 0 spiro atoms. The third-order valence-corrected chi connectivity index (χ3v) is 3.04. The lowest BCUT2D eigenvalue weighted by atomic mass is 9.71. The quantitative estimate of drug-likeness (QED) is 0.656. The molecule has 0 unspecified atom stereocenters. The molecule has 1 aliphatic carbocycles. The number of hydrogen-bond acceptors (Lipinski definition) is 2. The maximum absolute atomic E-state index is 9.07. The van der Waals surface area contributed by atoms with Crippen molar-refractivity contribution in [2.75, 3.05) is 6.61 Å². The zero-order chi connectivity index (χ0) is 9.95. The number of ether oxygens (including phenoxy) is 1. The van der Waals surface area contributed by atoms with Crippen LogP contribution in [0, 0.1) is 16.7 Å². The number of nitriles is 1. The highest BCUT2D eigenvalue weighted by molar-refractivity contribution is 5.05. The Morgan fingerprint density at radius 2 is 1.77 bits per heavy atom. The van der Waals surface area contributed by atoms with Crippen molar-refractivity contribution in [1.29, 1.82) is 5.26 Å². The molecular weight excluding hydrogens is 162 g/mol. The summed E-state index contributed by atoms with van der Waals surface area (Å²) in [6, 6.07) is 2.33. The third kappa shape index (κ3) is 2.45. The molecule has 0 saturated heterocycles. The fraction of sp³-hybridized carbons (Fsp3) is 0.909. The first-order chi connectivity index (χ1) is 6.04. The Morgan fingerprint density at radius 1 is 1.23 bits per heavy atom. The van der Waals surface area contributed by atoms with Crippen LogP contribution < -0.4 is 0 Å². The molecule has 0 bridgehead atoms. The van der Waals surface area contributed by atoms with Gasteiger partial charge in [0, 0.05) is 6.61 Å². The molecule has 2 nitrogen and oxygen atoms in total. The highest BCUT2D eigenvalue weighted by Crippen LogP contribution is 2.41. The molecule has 0 aromatic heterocycles. The Balaban J connectivity index is 2.59. The number of hydrogen-bond donors (Lipinski definition) is 0. The summed E-state index contributed by atoms with van der Waals surface area (Å²) in [6.45, 7) is 7.13. The van der Waals surface area contributed by atoms with E-state index in [1.54, 1.807) is 0 Å². The molecule has 2 heteroatoms. The van der Waals surface area contributed by atoms with E-state index in [-0.39, 0.29) is 0 Å². The Labute approximate surface area is 80.9 Å². The lowest BCUT2D eigenvalue weighted by molar-refractivity contribution is -0.0422. The molecule has 0 aromatic carbocycles. The Morgan fingerprint density at radius 3 is 2.15 bits per heavy atom. The van der Waals surface area contributed by atoms with E-state index in [1.165, 1.54) is 0 Å². The first-order valence-corrected chi connectivity index (χ1v) is 5.09. The van der Waals surface area contributed by atoms with Crippen molar-refractivity contribution in [1.82, 2.24) is 0 Å². The third-order valence-electron chi connectivity index (χ3n) is 3.04. The summed E-state index contributed by atoms with van der Waals surface area (Å²) in [6.07, 6.45) is 3.98. The van der Waals surface area contributed by atoms with Crippen molar-refractivity contribution in [2.24, 2.45) is 5.41 Å². The predicted molar refractivity (Wildman–Crippen MR) is 52.2 cm³/mol. The molecule has 1 saturated carbocycles. The molecule has 0 atom stereocenters. The van der Waals surface area contributed by atoms with Crippen LogP contribution in [0.3, 0.4) is 0 Å². The van der Waals surface area contributed by atoms with Gasteiger partial charge in [0.2, 0.25) is 0 Å².